The summed E-state index contributed by atoms with van der Waals surface area (Å²) in [7, 11) is 1.74. The summed E-state index contributed by atoms with van der Waals surface area (Å²) in [5.74, 6) is 0.582. The summed E-state index contributed by atoms with van der Waals surface area (Å²) in [5.41, 5.74) is 2.44. The topological polar surface area (TPSA) is 54.0 Å². The van der Waals surface area contributed by atoms with Gasteiger partial charge in [-0.2, -0.15) is 0 Å². The summed E-state index contributed by atoms with van der Waals surface area (Å²) < 4.78 is 11.0. The average Bonchev–Trinajstić information content (AvgIpc) is 2.67. The van der Waals surface area contributed by atoms with Crippen LogP contribution in [0.5, 0.6) is 0 Å². The molecule has 2 unspecified atom stereocenters. The Balaban J connectivity index is 1.41. The first kappa shape index (κ1) is 21.1. The minimum Gasteiger partial charge on any atom is -0.384 e. The zero-order chi connectivity index (χ0) is 19.9. The lowest BCUT2D eigenvalue weighted by Crippen LogP contribution is -2.44. The molecule has 2 saturated heterocycles. The highest BCUT2D eigenvalue weighted by Gasteiger charge is 2.23. The van der Waals surface area contributed by atoms with Gasteiger partial charge in [0.1, 0.15) is 0 Å². The van der Waals surface area contributed by atoms with Crippen LogP contribution >= 0.6 is 0 Å². The number of piperidine rings is 1. The molecule has 2 aliphatic heterocycles. The zero-order valence-corrected chi connectivity index (χ0v) is 17.5. The first-order chi connectivity index (χ1) is 13.5. The second-order valence-electron chi connectivity index (χ2n) is 8.31. The van der Waals surface area contributed by atoms with Gasteiger partial charge in [-0.05, 0) is 43.7 Å². The van der Waals surface area contributed by atoms with Crippen LogP contribution in [0.2, 0.25) is 0 Å². The highest BCUT2D eigenvalue weighted by Crippen LogP contribution is 2.18. The van der Waals surface area contributed by atoms with E-state index in [0.29, 0.717) is 12.5 Å². The third-order valence-corrected chi connectivity index (χ3v) is 5.67. The van der Waals surface area contributed by atoms with Gasteiger partial charge in [-0.1, -0.05) is 24.3 Å². The van der Waals surface area contributed by atoms with E-state index < -0.39 is 0 Å². The van der Waals surface area contributed by atoms with Crippen molar-refractivity contribution in [2.45, 2.75) is 52.0 Å². The Morgan fingerprint density at radius 1 is 1.11 bits per heavy atom. The summed E-state index contributed by atoms with van der Waals surface area (Å²) in [6.07, 6.45) is 2.62. The van der Waals surface area contributed by atoms with Gasteiger partial charge in [-0.15, -0.1) is 0 Å². The fraction of sp³-hybridized carbons (Fsp3) is 0.682. The van der Waals surface area contributed by atoms with Gasteiger partial charge in [0.05, 0.1) is 12.2 Å². The molecule has 0 aliphatic carbocycles. The molecule has 0 radical (unpaired) electrons. The van der Waals surface area contributed by atoms with Crippen LogP contribution in [0, 0.1) is 5.92 Å². The van der Waals surface area contributed by atoms with Crippen molar-refractivity contribution in [3.05, 3.63) is 35.4 Å². The van der Waals surface area contributed by atoms with Gasteiger partial charge < -0.3 is 19.7 Å². The summed E-state index contributed by atoms with van der Waals surface area (Å²) in [5, 5.41) is 3.06. The third-order valence-electron chi connectivity index (χ3n) is 5.67. The number of likely N-dealkylation sites (tertiary alicyclic amines) is 1. The van der Waals surface area contributed by atoms with E-state index in [0.717, 1.165) is 57.7 Å². The van der Waals surface area contributed by atoms with E-state index in [-0.39, 0.29) is 18.2 Å². The molecule has 0 aromatic heterocycles. The van der Waals surface area contributed by atoms with E-state index in [4.69, 9.17) is 9.47 Å². The van der Waals surface area contributed by atoms with Gasteiger partial charge >= 0.3 is 6.03 Å². The van der Waals surface area contributed by atoms with Gasteiger partial charge in [0.2, 0.25) is 0 Å². The number of hydrogen-bond donors (Lipinski definition) is 1. The number of morpholine rings is 1. The Bertz CT molecular complexity index is 604. The Hall–Kier alpha value is -1.63. The van der Waals surface area contributed by atoms with Gasteiger partial charge in [0.15, 0.2) is 0 Å². The monoisotopic (exact) mass is 389 g/mol. The Morgan fingerprint density at radius 2 is 1.71 bits per heavy atom. The number of carbonyl (C=O) groups is 1. The second kappa shape index (κ2) is 10.2. The Morgan fingerprint density at radius 3 is 2.32 bits per heavy atom. The van der Waals surface area contributed by atoms with Gasteiger partial charge in [0.25, 0.3) is 0 Å². The molecule has 1 aromatic carbocycles. The normalized spacial score (nSPS) is 24.3. The molecule has 2 amide bonds. The zero-order valence-electron chi connectivity index (χ0n) is 17.5. The van der Waals surface area contributed by atoms with Crippen molar-refractivity contribution in [1.82, 2.24) is 15.1 Å². The van der Waals surface area contributed by atoms with Crippen molar-refractivity contribution < 1.29 is 14.3 Å². The summed E-state index contributed by atoms with van der Waals surface area (Å²) in [6.45, 7) is 10.2. The molecule has 2 heterocycles. The highest BCUT2D eigenvalue weighted by molar-refractivity contribution is 5.74. The largest absolute Gasteiger partial charge is 0.384 e. The molecule has 2 atom stereocenters. The predicted molar refractivity (Wildman–Crippen MR) is 110 cm³/mol. The first-order valence-electron chi connectivity index (χ1n) is 10.5. The van der Waals surface area contributed by atoms with Crippen molar-refractivity contribution in [3.63, 3.8) is 0 Å². The molecule has 0 bridgehead atoms. The second-order valence-corrected chi connectivity index (χ2v) is 8.31. The van der Waals surface area contributed by atoms with Crippen LogP contribution in [-0.4, -0.2) is 67.9 Å². The van der Waals surface area contributed by atoms with E-state index in [1.54, 1.807) is 7.11 Å². The molecule has 6 heteroatoms. The SMILES string of the molecule is COCC1CCN(C(=O)NCc2ccc(CN3CC(C)OC(C)C3)cc2)CC1. The molecule has 6 nitrogen and oxygen atoms in total. The molecule has 0 saturated carbocycles. The molecule has 3 rings (SSSR count). The molecular formula is C22H35N3O3. The Kier molecular flexibility index (Phi) is 7.71. The standard InChI is InChI=1S/C22H35N3O3/c1-17-13-24(14-18(2)28-17)15-20-6-4-19(5-7-20)12-23-22(26)25-10-8-21(9-11-25)16-27-3/h4-7,17-18,21H,8-16H2,1-3H3,(H,23,26). The van der Waals surface area contributed by atoms with Gasteiger partial charge in [-0.3, -0.25) is 4.90 Å². The van der Waals surface area contributed by atoms with Crippen LogP contribution in [0.3, 0.4) is 0 Å². The van der Waals surface area contributed by atoms with Crippen molar-refractivity contribution in [2.24, 2.45) is 5.92 Å². The summed E-state index contributed by atoms with van der Waals surface area (Å²) in [4.78, 5) is 16.8. The number of benzene rings is 1. The lowest BCUT2D eigenvalue weighted by molar-refractivity contribution is -0.0704. The Labute approximate surface area is 169 Å². The van der Waals surface area contributed by atoms with Crippen molar-refractivity contribution >= 4 is 6.03 Å². The minimum absolute atomic E-state index is 0.0382. The van der Waals surface area contributed by atoms with Gasteiger partial charge in [-0.25, -0.2) is 4.79 Å². The van der Waals surface area contributed by atoms with Crippen molar-refractivity contribution in [3.8, 4) is 0 Å². The summed E-state index contributed by atoms with van der Waals surface area (Å²) >= 11 is 0. The smallest absolute Gasteiger partial charge is 0.317 e. The molecule has 2 aliphatic rings. The van der Waals surface area contributed by atoms with Gasteiger partial charge in [0, 0.05) is 53.0 Å². The van der Waals surface area contributed by atoms with Crippen LogP contribution in [0.4, 0.5) is 4.79 Å². The number of nitrogens with one attached hydrogen (secondary N) is 1. The van der Waals surface area contributed by atoms with E-state index in [1.165, 1.54) is 5.56 Å². The van der Waals surface area contributed by atoms with Crippen LogP contribution in [0.15, 0.2) is 24.3 Å². The third kappa shape index (κ3) is 6.19. The number of carbonyl (C=O) groups excluding carboxylic acids is 1. The number of hydrogen-bond acceptors (Lipinski definition) is 4. The molecule has 2 fully saturated rings. The molecule has 0 spiro atoms. The lowest BCUT2D eigenvalue weighted by Gasteiger charge is -2.35. The predicted octanol–water partition coefficient (Wildman–Crippen LogP) is 2.86. The minimum atomic E-state index is 0.0382. The maximum absolute atomic E-state index is 12.4. The van der Waals surface area contributed by atoms with Crippen LogP contribution < -0.4 is 5.32 Å². The lowest BCUT2D eigenvalue weighted by atomic mass is 9.98. The molecule has 156 valence electrons. The van der Waals surface area contributed by atoms with E-state index >= 15 is 0 Å². The number of rotatable bonds is 6. The first-order valence-corrected chi connectivity index (χ1v) is 10.5. The molecule has 1 N–H and O–H groups in total. The van der Waals surface area contributed by atoms with E-state index in [9.17, 15) is 4.79 Å². The average molecular weight is 390 g/mol. The fourth-order valence-corrected chi connectivity index (χ4v) is 4.26. The van der Waals surface area contributed by atoms with Crippen LogP contribution in [0.25, 0.3) is 0 Å². The van der Waals surface area contributed by atoms with Crippen LogP contribution in [-0.2, 0) is 22.6 Å². The quantitative estimate of drug-likeness (QED) is 0.813. The summed E-state index contributed by atoms with van der Waals surface area (Å²) in [6, 6.07) is 8.61. The maximum atomic E-state index is 12.4. The van der Waals surface area contributed by atoms with E-state index in [2.05, 4.69) is 48.3 Å². The number of amides is 2. The number of urea groups is 1. The number of ether oxygens (including phenoxy) is 2. The van der Waals surface area contributed by atoms with Crippen molar-refractivity contribution in [1.29, 1.82) is 0 Å². The highest BCUT2D eigenvalue weighted by atomic mass is 16.5. The molecular weight excluding hydrogens is 354 g/mol. The fourth-order valence-electron chi connectivity index (χ4n) is 4.26. The van der Waals surface area contributed by atoms with Crippen LogP contribution in [0.1, 0.15) is 37.8 Å². The van der Waals surface area contributed by atoms with E-state index in [1.807, 2.05) is 4.90 Å². The molecule has 1 aromatic rings. The number of nitrogens with zero attached hydrogens (tertiary/aromatic N) is 2. The maximum Gasteiger partial charge on any atom is 0.317 e. The van der Waals surface area contributed by atoms with Crippen molar-refractivity contribution in [2.75, 3.05) is 39.9 Å². The number of methoxy groups -OCH3 is 1. The molecule has 28 heavy (non-hydrogen) atoms.